The molecule has 0 saturated carbocycles. The maximum Gasteiger partial charge on any atom is 0.139 e. The van der Waals surface area contributed by atoms with Crippen LogP contribution >= 0.6 is 0 Å². The second-order valence-electron chi connectivity index (χ2n) is 3.78. The van der Waals surface area contributed by atoms with Crippen LogP contribution in [0.3, 0.4) is 0 Å². The Bertz CT molecular complexity index is 322. The van der Waals surface area contributed by atoms with E-state index in [9.17, 15) is 5.11 Å². The third-order valence-electron chi connectivity index (χ3n) is 2.94. The predicted octanol–water partition coefficient (Wildman–Crippen LogP) is 2.16. The number of para-hydroxylation sites is 1. The topological polar surface area (TPSA) is 23.5 Å². The fraction of sp³-hybridized carbons (Fsp3) is 0.455. The molecule has 2 nitrogen and oxygen atoms in total. The van der Waals surface area contributed by atoms with E-state index < -0.39 is 0 Å². The summed E-state index contributed by atoms with van der Waals surface area (Å²) in [7, 11) is 2.04. The number of hydrogen-bond acceptors (Lipinski definition) is 2. The van der Waals surface area contributed by atoms with Crippen molar-refractivity contribution in [3.8, 4) is 5.75 Å². The summed E-state index contributed by atoms with van der Waals surface area (Å²) in [6.07, 6.45) is 2.25. The lowest BCUT2D eigenvalue weighted by atomic mass is 9.97. The van der Waals surface area contributed by atoms with E-state index in [0.29, 0.717) is 11.8 Å². The average Bonchev–Trinajstić information content (AvgIpc) is 2.12. The molecule has 1 unspecified atom stereocenters. The molecular weight excluding hydrogens is 162 g/mol. The van der Waals surface area contributed by atoms with Crippen LogP contribution in [0.15, 0.2) is 18.2 Å². The number of anilines is 1. The van der Waals surface area contributed by atoms with Crippen LogP contribution in [0, 0.1) is 0 Å². The summed E-state index contributed by atoms with van der Waals surface area (Å²) < 4.78 is 0. The van der Waals surface area contributed by atoms with Crippen LogP contribution in [0.2, 0.25) is 0 Å². The van der Waals surface area contributed by atoms with Crippen molar-refractivity contribution in [2.45, 2.75) is 25.8 Å². The molecule has 2 rings (SSSR count). The average molecular weight is 177 g/mol. The second-order valence-corrected chi connectivity index (χ2v) is 3.78. The van der Waals surface area contributed by atoms with Gasteiger partial charge in [-0.2, -0.15) is 0 Å². The van der Waals surface area contributed by atoms with Crippen molar-refractivity contribution in [3.63, 3.8) is 0 Å². The second kappa shape index (κ2) is 2.95. The van der Waals surface area contributed by atoms with Gasteiger partial charge in [0.1, 0.15) is 5.75 Å². The molecule has 13 heavy (non-hydrogen) atoms. The summed E-state index contributed by atoms with van der Waals surface area (Å²) >= 11 is 0. The number of aryl methyl sites for hydroxylation is 1. The van der Waals surface area contributed by atoms with E-state index in [4.69, 9.17) is 0 Å². The van der Waals surface area contributed by atoms with Gasteiger partial charge in [0.2, 0.25) is 0 Å². The van der Waals surface area contributed by atoms with E-state index in [0.717, 1.165) is 12.1 Å². The summed E-state index contributed by atoms with van der Waals surface area (Å²) in [6, 6.07) is 6.30. The summed E-state index contributed by atoms with van der Waals surface area (Å²) in [5.74, 6) is 0.409. The number of aromatic hydroxyl groups is 1. The Kier molecular flexibility index (Phi) is 1.91. The Balaban J connectivity index is 2.51. The van der Waals surface area contributed by atoms with Crippen LogP contribution in [0.5, 0.6) is 5.75 Å². The molecule has 0 aliphatic carbocycles. The number of rotatable bonds is 0. The zero-order chi connectivity index (χ0) is 9.42. The van der Waals surface area contributed by atoms with Gasteiger partial charge in [-0.15, -0.1) is 0 Å². The molecule has 1 aromatic carbocycles. The number of phenols is 1. The minimum absolute atomic E-state index is 0.409. The van der Waals surface area contributed by atoms with Gasteiger partial charge in [0.15, 0.2) is 0 Å². The first kappa shape index (κ1) is 8.42. The maximum absolute atomic E-state index is 9.70. The summed E-state index contributed by atoms with van der Waals surface area (Å²) in [6.45, 7) is 2.19. The van der Waals surface area contributed by atoms with Gasteiger partial charge in [0, 0.05) is 13.1 Å². The smallest absolute Gasteiger partial charge is 0.139 e. The fourth-order valence-corrected chi connectivity index (χ4v) is 1.97. The van der Waals surface area contributed by atoms with Crippen LogP contribution in [-0.4, -0.2) is 18.2 Å². The number of benzene rings is 1. The predicted molar refractivity (Wildman–Crippen MR) is 54.3 cm³/mol. The van der Waals surface area contributed by atoms with E-state index >= 15 is 0 Å². The lowest BCUT2D eigenvalue weighted by Gasteiger charge is -2.34. The third kappa shape index (κ3) is 1.26. The summed E-state index contributed by atoms with van der Waals surface area (Å²) in [5, 5.41) is 9.70. The molecule has 0 radical (unpaired) electrons. The van der Waals surface area contributed by atoms with E-state index in [-0.39, 0.29) is 0 Å². The minimum Gasteiger partial charge on any atom is -0.506 e. The minimum atomic E-state index is 0.409. The van der Waals surface area contributed by atoms with Gasteiger partial charge in [-0.25, -0.2) is 0 Å². The van der Waals surface area contributed by atoms with Gasteiger partial charge < -0.3 is 10.0 Å². The highest BCUT2D eigenvalue weighted by Gasteiger charge is 2.21. The molecular formula is C11H15NO. The maximum atomic E-state index is 9.70. The van der Waals surface area contributed by atoms with Gasteiger partial charge in [-0.05, 0) is 31.4 Å². The summed E-state index contributed by atoms with van der Waals surface area (Å²) in [5.41, 5.74) is 2.28. The molecule has 1 N–H and O–H groups in total. The Morgan fingerprint density at radius 3 is 3.00 bits per heavy atom. The molecule has 0 bridgehead atoms. The van der Waals surface area contributed by atoms with Gasteiger partial charge in [0.05, 0.1) is 5.69 Å². The molecule has 2 heteroatoms. The lowest BCUT2D eigenvalue weighted by molar-refractivity contribution is 0.466. The van der Waals surface area contributed by atoms with E-state index in [1.54, 1.807) is 6.07 Å². The number of fused-ring (bicyclic) bond motifs is 1. The molecule has 0 spiro atoms. The van der Waals surface area contributed by atoms with Crippen molar-refractivity contribution in [1.82, 2.24) is 0 Å². The summed E-state index contributed by atoms with van der Waals surface area (Å²) in [4.78, 5) is 2.16. The van der Waals surface area contributed by atoms with Crippen molar-refractivity contribution in [3.05, 3.63) is 23.8 Å². The highest BCUT2D eigenvalue weighted by atomic mass is 16.3. The van der Waals surface area contributed by atoms with Crippen molar-refractivity contribution in [2.24, 2.45) is 0 Å². The van der Waals surface area contributed by atoms with Gasteiger partial charge in [-0.3, -0.25) is 0 Å². The van der Waals surface area contributed by atoms with Crippen molar-refractivity contribution < 1.29 is 5.11 Å². The van der Waals surface area contributed by atoms with Crippen molar-refractivity contribution in [2.75, 3.05) is 11.9 Å². The Morgan fingerprint density at radius 2 is 2.23 bits per heavy atom. The molecule has 1 aromatic rings. The zero-order valence-corrected chi connectivity index (χ0v) is 8.12. The standard InChI is InChI=1S/C11H15NO/c1-8-6-7-9-4-3-5-10(13)11(9)12(8)2/h3-5,8,13H,6-7H2,1-2H3. The first-order chi connectivity index (χ1) is 6.20. The highest BCUT2D eigenvalue weighted by Crippen LogP contribution is 2.36. The zero-order valence-electron chi connectivity index (χ0n) is 8.12. The van der Waals surface area contributed by atoms with Gasteiger partial charge in [0.25, 0.3) is 0 Å². The highest BCUT2D eigenvalue weighted by molar-refractivity contribution is 5.64. The Labute approximate surface area is 78.8 Å². The monoisotopic (exact) mass is 177 g/mol. The number of hydrogen-bond donors (Lipinski definition) is 1. The molecule has 0 amide bonds. The first-order valence-electron chi connectivity index (χ1n) is 4.74. The molecule has 1 aliphatic rings. The van der Waals surface area contributed by atoms with Crippen LogP contribution in [-0.2, 0) is 6.42 Å². The fourth-order valence-electron chi connectivity index (χ4n) is 1.97. The molecule has 1 atom stereocenters. The molecule has 70 valence electrons. The number of nitrogens with zero attached hydrogens (tertiary/aromatic N) is 1. The van der Waals surface area contributed by atoms with Gasteiger partial charge >= 0.3 is 0 Å². The molecule has 1 heterocycles. The Hall–Kier alpha value is -1.18. The van der Waals surface area contributed by atoms with E-state index in [2.05, 4.69) is 17.9 Å². The SMILES string of the molecule is CC1CCc2cccc(O)c2N1C. The quantitative estimate of drug-likeness (QED) is 0.656. The molecule has 0 saturated heterocycles. The molecule has 1 aliphatic heterocycles. The van der Waals surface area contributed by atoms with Crippen LogP contribution in [0.4, 0.5) is 5.69 Å². The van der Waals surface area contributed by atoms with Crippen LogP contribution in [0.25, 0.3) is 0 Å². The largest absolute Gasteiger partial charge is 0.506 e. The van der Waals surface area contributed by atoms with Crippen molar-refractivity contribution in [1.29, 1.82) is 0 Å². The Morgan fingerprint density at radius 1 is 1.46 bits per heavy atom. The first-order valence-corrected chi connectivity index (χ1v) is 4.74. The van der Waals surface area contributed by atoms with Crippen LogP contribution in [0.1, 0.15) is 18.9 Å². The molecule has 0 aromatic heterocycles. The number of phenolic OH excluding ortho intramolecular Hbond substituents is 1. The molecule has 0 fully saturated rings. The van der Waals surface area contributed by atoms with Crippen molar-refractivity contribution >= 4 is 5.69 Å². The third-order valence-corrected chi connectivity index (χ3v) is 2.94. The normalized spacial score (nSPS) is 21.4. The lowest BCUT2D eigenvalue weighted by Crippen LogP contribution is -2.33. The van der Waals surface area contributed by atoms with E-state index in [1.165, 1.54) is 12.0 Å². The van der Waals surface area contributed by atoms with Crippen LogP contribution < -0.4 is 4.90 Å². The van der Waals surface area contributed by atoms with Gasteiger partial charge in [-0.1, -0.05) is 12.1 Å². The van der Waals surface area contributed by atoms with E-state index in [1.807, 2.05) is 13.1 Å².